The summed E-state index contributed by atoms with van der Waals surface area (Å²) in [6.07, 6.45) is 0.561. The smallest absolute Gasteiger partial charge is 0.263 e. The Balaban J connectivity index is 1.80. The van der Waals surface area contributed by atoms with Gasteiger partial charge in [0.15, 0.2) is 0 Å². The molecule has 1 aliphatic heterocycles. The molecule has 0 spiro atoms. The van der Waals surface area contributed by atoms with E-state index in [0.717, 1.165) is 5.56 Å². The standard InChI is InChI=1S/C19H17N3O2/c1-22-16-10-6-5-9-13(16)18(23)17(19(22)24)15-11-14(20-21-15)12-7-3-2-4-8-12/h2-10,14,20,23H,11H2,1H3/t14-/m0/s1. The molecular formula is C19H17N3O2. The lowest BCUT2D eigenvalue weighted by molar-refractivity contribution is 0.478. The van der Waals surface area contributed by atoms with Crippen LogP contribution in [0.4, 0.5) is 0 Å². The van der Waals surface area contributed by atoms with Crippen LogP contribution in [0.5, 0.6) is 5.75 Å². The number of hydrogen-bond acceptors (Lipinski definition) is 4. The number of hydrazone groups is 1. The third kappa shape index (κ3) is 2.17. The maximum absolute atomic E-state index is 12.7. The first kappa shape index (κ1) is 14.5. The van der Waals surface area contributed by atoms with Crippen LogP contribution in [0.15, 0.2) is 64.5 Å². The Labute approximate surface area is 138 Å². The zero-order valence-corrected chi connectivity index (χ0v) is 13.2. The number of pyridine rings is 1. The molecular weight excluding hydrogens is 302 g/mol. The number of hydrogen-bond donors (Lipinski definition) is 2. The van der Waals surface area contributed by atoms with Crippen molar-refractivity contribution in [2.45, 2.75) is 12.5 Å². The molecule has 5 heteroatoms. The van der Waals surface area contributed by atoms with Gasteiger partial charge >= 0.3 is 0 Å². The summed E-state index contributed by atoms with van der Waals surface area (Å²) in [4.78, 5) is 12.7. The first-order chi connectivity index (χ1) is 11.7. The molecule has 3 aromatic rings. The third-order valence-electron chi connectivity index (χ3n) is 4.52. The van der Waals surface area contributed by atoms with Crippen molar-refractivity contribution in [3.05, 3.63) is 76.1 Å². The van der Waals surface area contributed by atoms with Crippen LogP contribution < -0.4 is 11.0 Å². The molecule has 1 atom stereocenters. The minimum Gasteiger partial charge on any atom is -0.506 e. The first-order valence-corrected chi connectivity index (χ1v) is 7.85. The van der Waals surface area contributed by atoms with E-state index in [0.29, 0.717) is 23.0 Å². The van der Waals surface area contributed by atoms with E-state index in [1.165, 1.54) is 0 Å². The van der Waals surface area contributed by atoms with Gasteiger partial charge in [-0.1, -0.05) is 42.5 Å². The second-order valence-electron chi connectivity index (χ2n) is 5.96. The van der Waals surface area contributed by atoms with Crippen molar-refractivity contribution in [2.75, 3.05) is 0 Å². The van der Waals surface area contributed by atoms with Crippen LogP contribution in [0.25, 0.3) is 10.9 Å². The Kier molecular flexibility index (Phi) is 3.34. The fourth-order valence-electron chi connectivity index (χ4n) is 3.22. The fourth-order valence-corrected chi connectivity index (χ4v) is 3.22. The summed E-state index contributed by atoms with van der Waals surface area (Å²) < 4.78 is 1.56. The number of benzene rings is 2. The summed E-state index contributed by atoms with van der Waals surface area (Å²) in [5, 5.41) is 15.6. The minimum atomic E-state index is -0.236. The number of nitrogens with zero attached hydrogens (tertiary/aromatic N) is 2. The molecule has 0 saturated carbocycles. The van der Waals surface area contributed by atoms with E-state index < -0.39 is 0 Å². The van der Waals surface area contributed by atoms with E-state index in [1.807, 2.05) is 54.6 Å². The van der Waals surface area contributed by atoms with Crippen molar-refractivity contribution in [2.24, 2.45) is 12.1 Å². The highest BCUT2D eigenvalue weighted by Crippen LogP contribution is 2.30. The molecule has 24 heavy (non-hydrogen) atoms. The molecule has 0 unspecified atom stereocenters. The topological polar surface area (TPSA) is 66.6 Å². The Morgan fingerprint density at radius 1 is 1.12 bits per heavy atom. The van der Waals surface area contributed by atoms with E-state index in [1.54, 1.807) is 11.6 Å². The van der Waals surface area contributed by atoms with Crippen molar-refractivity contribution < 1.29 is 5.11 Å². The number of para-hydroxylation sites is 1. The molecule has 0 bridgehead atoms. The monoisotopic (exact) mass is 319 g/mol. The normalized spacial score (nSPS) is 16.9. The molecule has 4 rings (SSSR count). The molecule has 120 valence electrons. The first-order valence-electron chi connectivity index (χ1n) is 7.85. The highest BCUT2D eigenvalue weighted by molar-refractivity contribution is 6.07. The molecule has 1 aromatic heterocycles. The number of fused-ring (bicyclic) bond motifs is 1. The van der Waals surface area contributed by atoms with Gasteiger partial charge in [0.1, 0.15) is 11.3 Å². The predicted octanol–water partition coefficient (Wildman–Crippen LogP) is 2.68. The van der Waals surface area contributed by atoms with Gasteiger partial charge in [-0.05, 0) is 17.7 Å². The van der Waals surface area contributed by atoms with Crippen molar-refractivity contribution in [1.29, 1.82) is 0 Å². The van der Waals surface area contributed by atoms with Crippen LogP contribution in [-0.4, -0.2) is 15.4 Å². The van der Waals surface area contributed by atoms with Gasteiger partial charge in [0.05, 0.1) is 17.3 Å². The second-order valence-corrected chi connectivity index (χ2v) is 5.96. The van der Waals surface area contributed by atoms with Gasteiger partial charge in [-0.2, -0.15) is 5.10 Å². The number of aryl methyl sites for hydroxylation is 1. The summed E-state index contributed by atoms with van der Waals surface area (Å²) in [7, 11) is 1.71. The van der Waals surface area contributed by atoms with Gasteiger partial charge < -0.3 is 15.1 Å². The Hall–Kier alpha value is -3.08. The summed E-state index contributed by atoms with van der Waals surface area (Å²) >= 11 is 0. The molecule has 0 amide bonds. The van der Waals surface area contributed by atoms with E-state index in [9.17, 15) is 9.90 Å². The van der Waals surface area contributed by atoms with Crippen molar-refractivity contribution in [1.82, 2.24) is 9.99 Å². The molecule has 2 N–H and O–H groups in total. The average Bonchev–Trinajstić information content (AvgIpc) is 3.10. The lowest BCUT2D eigenvalue weighted by atomic mass is 9.98. The lowest BCUT2D eigenvalue weighted by Crippen LogP contribution is -2.24. The zero-order valence-electron chi connectivity index (χ0n) is 13.2. The average molecular weight is 319 g/mol. The van der Waals surface area contributed by atoms with Crippen LogP contribution in [0.3, 0.4) is 0 Å². The Bertz CT molecular complexity index is 1010. The molecule has 2 aromatic carbocycles. The number of rotatable bonds is 2. The molecule has 5 nitrogen and oxygen atoms in total. The van der Waals surface area contributed by atoms with Gasteiger partial charge in [-0.25, -0.2) is 0 Å². The van der Waals surface area contributed by atoms with Crippen LogP contribution in [-0.2, 0) is 7.05 Å². The Morgan fingerprint density at radius 2 is 1.83 bits per heavy atom. The molecule has 0 radical (unpaired) electrons. The van der Waals surface area contributed by atoms with E-state index >= 15 is 0 Å². The molecule has 0 fully saturated rings. The summed E-state index contributed by atoms with van der Waals surface area (Å²) in [5.74, 6) is 0.00274. The van der Waals surface area contributed by atoms with Crippen LogP contribution in [0.1, 0.15) is 23.6 Å². The van der Waals surface area contributed by atoms with Gasteiger partial charge in [0, 0.05) is 18.9 Å². The van der Waals surface area contributed by atoms with Crippen LogP contribution >= 0.6 is 0 Å². The summed E-state index contributed by atoms with van der Waals surface area (Å²) in [5.41, 5.74) is 5.52. The molecule has 2 heterocycles. The molecule has 0 saturated heterocycles. The fraction of sp³-hybridized carbons (Fsp3) is 0.158. The molecule has 1 aliphatic rings. The van der Waals surface area contributed by atoms with Gasteiger partial charge in [-0.3, -0.25) is 4.79 Å². The van der Waals surface area contributed by atoms with E-state index in [-0.39, 0.29) is 22.9 Å². The Morgan fingerprint density at radius 3 is 2.62 bits per heavy atom. The molecule has 0 aliphatic carbocycles. The van der Waals surface area contributed by atoms with Crippen molar-refractivity contribution in [3.8, 4) is 5.75 Å². The SMILES string of the molecule is Cn1c(=O)c(C2=NN[C@H](c3ccccc3)C2)c(O)c2ccccc21. The lowest BCUT2D eigenvalue weighted by Gasteiger charge is -2.12. The minimum absolute atomic E-state index is 0.00274. The largest absolute Gasteiger partial charge is 0.506 e. The quantitative estimate of drug-likeness (QED) is 0.763. The third-order valence-corrected chi connectivity index (χ3v) is 4.52. The number of nitrogens with one attached hydrogen (secondary N) is 1. The van der Waals surface area contributed by atoms with Crippen molar-refractivity contribution >= 4 is 16.6 Å². The van der Waals surface area contributed by atoms with Gasteiger partial charge in [-0.15, -0.1) is 0 Å². The predicted molar refractivity (Wildman–Crippen MR) is 94.3 cm³/mol. The van der Waals surface area contributed by atoms with E-state index in [2.05, 4.69) is 10.5 Å². The van der Waals surface area contributed by atoms with Crippen LogP contribution in [0.2, 0.25) is 0 Å². The number of aromatic hydroxyl groups is 1. The maximum atomic E-state index is 12.7. The summed E-state index contributed by atoms with van der Waals surface area (Å²) in [6, 6.07) is 17.3. The van der Waals surface area contributed by atoms with E-state index in [4.69, 9.17) is 0 Å². The number of aromatic nitrogens is 1. The van der Waals surface area contributed by atoms with Crippen LogP contribution in [0, 0.1) is 0 Å². The highest BCUT2D eigenvalue weighted by Gasteiger charge is 2.26. The zero-order chi connectivity index (χ0) is 16.7. The van der Waals surface area contributed by atoms with Gasteiger partial charge in [0.25, 0.3) is 5.56 Å². The second kappa shape index (κ2) is 5.53. The summed E-state index contributed by atoms with van der Waals surface area (Å²) in [6.45, 7) is 0. The maximum Gasteiger partial charge on any atom is 0.263 e. The van der Waals surface area contributed by atoms with Crippen molar-refractivity contribution in [3.63, 3.8) is 0 Å². The highest BCUT2D eigenvalue weighted by atomic mass is 16.3. The van der Waals surface area contributed by atoms with Gasteiger partial charge in [0.2, 0.25) is 0 Å².